The van der Waals surface area contributed by atoms with Crippen LogP contribution in [0.2, 0.25) is 0 Å². The topological polar surface area (TPSA) is 85.5 Å². The molecule has 0 aliphatic carbocycles. The first kappa shape index (κ1) is 29.3. The minimum absolute atomic E-state index is 0.161. The molecule has 2 aliphatic rings. The van der Waals surface area contributed by atoms with Gasteiger partial charge in [0.25, 0.3) is 0 Å². The van der Waals surface area contributed by atoms with E-state index in [9.17, 15) is 0 Å². The summed E-state index contributed by atoms with van der Waals surface area (Å²) >= 11 is 0. The first-order valence-corrected chi connectivity index (χ1v) is 14.5. The van der Waals surface area contributed by atoms with Gasteiger partial charge in [-0.1, -0.05) is 79.7 Å². The minimum Gasteiger partial charge on any atom is -0.465 e. The number of hydrogen-bond donors (Lipinski definition) is 2. The summed E-state index contributed by atoms with van der Waals surface area (Å²) in [6, 6.07) is 33.9. The van der Waals surface area contributed by atoms with Gasteiger partial charge < -0.3 is 19.3 Å². The number of allylic oxidation sites excluding steroid dienone is 2. The maximum Gasteiger partial charge on any atom is 0.472 e. The number of anilines is 2. The van der Waals surface area contributed by atoms with Crippen molar-refractivity contribution in [1.29, 1.82) is 0 Å². The SMILES string of the molecule is CCC(=CC1Oc2ccc(-c3ccccc3)cc2N1CC)C=C1Oc2ccc(-c3ccccc3)cc2N1CC.O=[N+](O)O. The predicted molar refractivity (Wildman–Crippen MR) is 168 cm³/mol. The van der Waals surface area contributed by atoms with Gasteiger partial charge in [-0.2, -0.15) is 0 Å². The smallest absolute Gasteiger partial charge is 0.465 e. The Morgan fingerprint density at radius 1 is 0.767 bits per heavy atom. The molecule has 0 saturated carbocycles. The Bertz CT molecular complexity index is 1630. The largest absolute Gasteiger partial charge is 0.472 e. The highest BCUT2D eigenvalue weighted by atomic mass is 16.9. The van der Waals surface area contributed by atoms with Gasteiger partial charge >= 0.3 is 5.09 Å². The Morgan fingerprint density at radius 2 is 1.33 bits per heavy atom. The van der Waals surface area contributed by atoms with Gasteiger partial charge in [-0.15, -0.1) is 0 Å². The number of rotatable bonds is 7. The molecular weight excluding hydrogens is 542 g/mol. The molecule has 6 rings (SSSR count). The van der Waals surface area contributed by atoms with Gasteiger partial charge in [0.05, 0.1) is 11.4 Å². The van der Waals surface area contributed by atoms with Gasteiger partial charge in [-0.25, -0.2) is 10.4 Å². The molecular formula is C35H36N3O5+. The van der Waals surface area contributed by atoms with Gasteiger partial charge in [-0.05, 0) is 78.4 Å². The van der Waals surface area contributed by atoms with Gasteiger partial charge in [0.1, 0.15) is 10.7 Å². The first-order chi connectivity index (χ1) is 20.9. The van der Waals surface area contributed by atoms with E-state index in [1.807, 2.05) is 12.1 Å². The van der Waals surface area contributed by atoms with Crippen molar-refractivity contribution in [3.63, 3.8) is 0 Å². The normalized spacial score (nSPS) is 16.1. The molecule has 2 heterocycles. The van der Waals surface area contributed by atoms with E-state index in [1.54, 1.807) is 0 Å². The summed E-state index contributed by atoms with van der Waals surface area (Å²) in [5, 5.41) is 12.5. The van der Waals surface area contributed by atoms with Crippen LogP contribution in [0.5, 0.6) is 11.5 Å². The molecule has 0 radical (unpaired) electrons. The summed E-state index contributed by atoms with van der Waals surface area (Å²) in [4.78, 5) is 13.0. The zero-order chi connectivity index (χ0) is 30.3. The van der Waals surface area contributed by atoms with E-state index in [0.29, 0.717) is 0 Å². The van der Waals surface area contributed by atoms with Crippen LogP contribution in [0, 0.1) is 4.91 Å². The van der Waals surface area contributed by atoms with Gasteiger partial charge in [-0.3, -0.25) is 0 Å². The van der Waals surface area contributed by atoms with Crippen molar-refractivity contribution in [2.24, 2.45) is 0 Å². The highest BCUT2D eigenvalue weighted by Crippen LogP contribution is 2.43. The first-order valence-electron chi connectivity index (χ1n) is 14.5. The zero-order valence-electron chi connectivity index (χ0n) is 24.6. The van der Waals surface area contributed by atoms with Gasteiger partial charge in [0, 0.05) is 19.2 Å². The fourth-order valence-electron chi connectivity index (χ4n) is 5.41. The van der Waals surface area contributed by atoms with Crippen LogP contribution in [0.3, 0.4) is 0 Å². The number of nitrogens with zero attached hydrogens (tertiary/aromatic N) is 3. The summed E-state index contributed by atoms with van der Waals surface area (Å²) in [5.41, 5.74) is 8.22. The molecule has 8 nitrogen and oxygen atoms in total. The lowest BCUT2D eigenvalue weighted by molar-refractivity contribution is -0.969. The summed E-state index contributed by atoms with van der Waals surface area (Å²) in [5.74, 6) is 2.68. The second-order valence-corrected chi connectivity index (χ2v) is 10.1. The number of hydrogen-bond acceptors (Lipinski definition) is 5. The monoisotopic (exact) mass is 578 g/mol. The number of benzene rings is 4. The van der Waals surface area contributed by atoms with Crippen molar-refractivity contribution in [3.05, 3.63) is 126 Å². The molecule has 0 aromatic heterocycles. The van der Waals surface area contributed by atoms with E-state index >= 15 is 0 Å². The number of fused-ring (bicyclic) bond motifs is 2. The van der Waals surface area contributed by atoms with Crippen LogP contribution in [0.1, 0.15) is 27.2 Å². The molecule has 4 aromatic carbocycles. The second kappa shape index (κ2) is 13.2. The Labute approximate surface area is 251 Å². The van der Waals surface area contributed by atoms with Crippen LogP contribution in [0.25, 0.3) is 22.3 Å². The van der Waals surface area contributed by atoms with Gasteiger partial charge in [0.15, 0.2) is 12.0 Å². The summed E-state index contributed by atoms with van der Waals surface area (Å²) in [6.45, 7) is 8.20. The average Bonchev–Trinajstić information content (AvgIpc) is 3.56. The summed E-state index contributed by atoms with van der Waals surface area (Å²) < 4.78 is 12.8. The molecule has 0 bridgehead atoms. The number of ether oxygens (including phenoxy) is 2. The molecule has 220 valence electrons. The Morgan fingerprint density at radius 3 is 1.86 bits per heavy atom. The third-order valence-corrected chi connectivity index (χ3v) is 7.50. The second-order valence-electron chi connectivity index (χ2n) is 10.1. The van der Waals surface area contributed by atoms with Crippen molar-refractivity contribution in [2.75, 3.05) is 22.9 Å². The molecule has 0 saturated heterocycles. The maximum absolute atomic E-state index is 8.47. The Balaban J connectivity index is 0.000000868. The molecule has 43 heavy (non-hydrogen) atoms. The third-order valence-electron chi connectivity index (χ3n) is 7.50. The highest BCUT2D eigenvalue weighted by molar-refractivity contribution is 5.77. The van der Waals surface area contributed by atoms with Crippen LogP contribution in [0.15, 0.2) is 121 Å². The average molecular weight is 579 g/mol. The summed E-state index contributed by atoms with van der Waals surface area (Å²) in [7, 11) is 0. The quantitative estimate of drug-likeness (QED) is 0.214. The van der Waals surface area contributed by atoms with Crippen LogP contribution < -0.4 is 19.3 Å². The van der Waals surface area contributed by atoms with Crippen molar-refractivity contribution in [2.45, 2.75) is 33.4 Å². The maximum atomic E-state index is 8.47. The molecule has 8 heteroatoms. The van der Waals surface area contributed by atoms with Crippen molar-refractivity contribution < 1.29 is 25.0 Å². The standard InChI is InChI=1S/C35H34N2O2.H2NO3/c1-4-25(21-34-36(5-2)30-23-28(17-19-32(30)38-34)26-13-9-7-10-14-26)22-35-37(6-3)31-24-29(18-20-33(31)39-35)27-15-11-8-12-16-27;2-1(3)4/h7-24,34H,4-6H2,1-3H3;(H2,2,3,4)/q;+1. The fraction of sp³-hybridized carbons (Fsp3) is 0.200. The molecule has 1 unspecified atom stereocenters. The molecule has 0 amide bonds. The van der Waals surface area contributed by atoms with E-state index in [-0.39, 0.29) is 6.23 Å². The number of likely N-dealkylation sites (N-methyl/N-ethyl adjacent to an activating group) is 1. The summed E-state index contributed by atoms with van der Waals surface area (Å²) in [6.07, 6.45) is 5.11. The zero-order valence-corrected chi connectivity index (χ0v) is 24.6. The molecule has 4 aromatic rings. The lowest BCUT2D eigenvalue weighted by Gasteiger charge is -2.22. The van der Waals surface area contributed by atoms with Crippen LogP contribution in [-0.4, -0.2) is 34.8 Å². The lowest BCUT2D eigenvalue weighted by Crippen LogP contribution is -2.33. The molecule has 0 spiro atoms. The highest BCUT2D eigenvalue weighted by Gasteiger charge is 2.30. The molecule has 0 fully saturated rings. The molecule has 2 aliphatic heterocycles. The lowest BCUT2D eigenvalue weighted by atomic mass is 10.0. The van der Waals surface area contributed by atoms with Crippen molar-refractivity contribution >= 4 is 11.4 Å². The predicted octanol–water partition coefficient (Wildman–Crippen LogP) is 8.21. The molecule has 2 N–H and O–H groups in total. The van der Waals surface area contributed by atoms with E-state index in [4.69, 9.17) is 24.8 Å². The van der Waals surface area contributed by atoms with E-state index in [0.717, 1.165) is 48.3 Å². The van der Waals surface area contributed by atoms with Gasteiger partial charge in [0.2, 0.25) is 5.88 Å². The van der Waals surface area contributed by atoms with E-state index in [1.165, 1.54) is 27.8 Å². The fourth-order valence-corrected chi connectivity index (χ4v) is 5.41. The van der Waals surface area contributed by atoms with Crippen LogP contribution >= 0.6 is 0 Å². The third kappa shape index (κ3) is 6.48. The van der Waals surface area contributed by atoms with Crippen LogP contribution in [0.4, 0.5) is 11.4 Å². The van der Waals surface area contributed by atoms with Crippen molar-refractivity contribution in [1.82, 2.24) is 0 Å². The van der Waals surface area contributed by atoms with Crippen molar-refractivity contribution in [3.8, 4) is 33.8 Å². The van der Waals surface area contributed by atoms with Crippen LogP contribution in [-0.2, 0) is 0 Å². The molecule has 1 atom stereocenters. The Hall–Kier alpha value is -5.24. The van der Waals surface area contributed by atoms with E-state index < -0.39 is 5.09 Å². The van der Waals surface area contributed by atoms with E-state index in [2.05, 4.69) is 128 Å². The Kier molecular flexibility index (Phi) is 8.96. The minimum atomic E-state index is -1.25.